The van der Waals surface area contributed by atoms with Gasteiger partial charge in [0.15, 0.2) is 0 Å². The zero-order valence-corrected chi connectivity index (χ0v) is 11.1. The van der Waals surface area contributed by atoms with Crippen molar-refractivity contribution >= 4 is 0 Å². The van der Waals surface area contributed by atoms with Crippen LogP contribution in [0.25, 0.3) is 0 Å². The van der Waals surface area contributed by atoms with E-state index >= 15 is 0 Å². The van der Waals surface area contributed by atoms with E-state index in [-0.39, 0.29) is 12.1 Å². The zero-order valence-electron chi connectivity index (χ0n) is 11.1. The van der Waals surface area contributed by atoms with E-state index in [1.165, 1.54) is 5.56 Å². The molecule has 100 valence electrons. The lowest BCUT2D eigenvalue weighted by Gasteiger charge is -2.30. The Kier molecular flexibility index (Phi) is 4.58. The molecule has 1 aromatic rings. The largest absolute Gasteiger partial charge is 0.493 e. The van der Waals surface area contributed by atoms with Crippen molar-refractivity contribution in [2.45, 2.75) is 37.8 Å². The zero-order chi connectivity index (χ0) is 13.0. The highest BCUT2D eigenvalue weighted by Crippen LogP contribution is 2.36. The minimum absolute atomic E-state index is 0.102. The number of rotatable bonds is 5. The Morgan fingerprint density at radius 2 is 2.28 bits per heavy atom. The second kappa shape index (κ2) is 6.18. The summed E-state index contributed by atoms with van der Waals surface area (Å²) in [6.07, 6.45) is 2.10. The third-order valence-corrected chi connectivity index (χ3v) is 3.77. The SMILES string of the molecule is COC(C)C(CC1CCOc2ccccc21)NN. The van der Waals surface area contributed by atoms with Gasteiger partial charge in [-0.05, 0) is 37.3 Å². The fourth-order valence-electron chi connectivity index (χ4n) is 2.53. The number of para-hydroxylation sites is 1. The summed E-state index contributed by atoms with van der Waals surface area (Å²) in [7, 11) is 1.72. The van der Waals surface area contributed by atoms with Crippen molar-refractivity contribution in [3.8, 4) is 5.75 Å². The first-order valence-electron chi connectivity index (χ1n) is 6.47. The summed E-state index contributed by atoms with van der Waals surface area (Å²) in [6, 6.07) is 8.41. The minimum Gasteiger partial charge on any atom is -0.493 e. The van der Waals surface area contributed by atoms with Crippen molar-refractivity contribution < 1.29 is 9.47 Å². The molecule has 0 fully saturated rings. The molecule has 3 unspecified atom stereocenters. The van der Waals surface area contributed by atoms with Crippen LogP contribution in [0.3, 0.4) is 0 Å². The number of nitrogens with two attached hydrogens (primary N) is 1. The Morgan fingerprint density at radius 3 is 3.00 bits per heavy atom. The summed E-state index contributed by atoms with van der Waals surface area (Å²) in [4.78, 5) is 0. The van der Waals surface area contributed by atoms with Crippen LogP contribution in [0.4, 0.5) is 0 Å². The molecule has 0 aliphatic carbocycles. The molecule has 0 saturated heterocycles. The highest BCUT2D eigenvalue weighted by Gasteiger charge is 2.26. The van der Waals surface area contributed by atoms with Gasteiger partial charge in [0.25, 0.3) is 0 Å². The van der Waals surface area contributed by atoms with Gasteiger partial charge >= 0.3 is 0 Å². The molecule has 0 aromatic heterocycles. The maximum absolute atomic E-state index is 5.67. The van der Waals surface area contributed by atoms with Crippen molar-refractivity contribution in [1.82, 2.24) is 5.43 Å². The number of hydrazine groups is 1. The molecule has 1 aliphatic heterocycles. The van der Waals surface area contributed by atoms with Crippen LogP contribution in [0, 0.1) is 0 Å². The van der Waals surface area contributed by atoms with E-state index in [1.807, 2.05) is 19.1 Å². The highest BCUT2D eigenvalue weighted by atomic mass is 16.5. The third-order valence-electron chi connectivity index (χ3n) is 3.77. The Hall–Kier alpha value is -1.10. The van der Waals surface area contributed by atoms with Crippen molar-refractivity contribution in [2.24, 2.45) is 5.84 Å². The van der Waals surface area contributed by atoms with Crippen LogP contribution in [0.2, 0.25) is 0 Å². The molecule has 0 bridgehead atoms. The van der Waals surface area contributed by atoms with Gasteiger partial charge in [0.05, 0.1) is 12.7 Å². The molecule has 3 atom stereocenters. The van der Waals surface area contributed by atoms with E-state index < -0.39 is 0 Å². The van der Waals surface area contributed by atoms with Crippen molar-refractivity contribution in [3.63, 3.8) is 0 Å². The first kappa shape index (κ1) is 13.3. The average molecular weight is 250 g/mol. The Balaban J connectivity index is 2.10. The molecule has 2 rings (SSSR count). The number of nitrogens with one attached hydrogen (secondary N) is 1. The second-order valence-electron chi connectivity index (χ2n) is 4.82. The lowest BCUT2D eigenvalue weighted by Crippen LogP contribution is -2.44. The number of hydrogen-bond acceptors (Lipinski definition) is 4. The van der Waals surface area contributed by atoms with Gasteiger partial charge in [0, 0.05) is 13.2 Å². The Morgan fingerprint density at radius 1 is 1.50 bits per heavy atom. The molecule has 18 heavy (non-hydrogen) atoms. The van der Waals surface area contributed by atoms with Crippen LogP contribution >= 0.6 is 0 Å². The van der Waals surface area contributed by atoms with Crippen molar-refractivity contribution in [2.75, 3.05) is 13.7 Å². The monoisotopic (exact) mass is 250 g/mol. The van der Waals surface area contributed by atoms with Crippen LogP contribution in [0.15, 0.2) is 24.3 Å². The molecule has 0 spiro atoms. The van der Waals surface area contributed by atoms with Gasteiger partial charge < -0.3 is 9.47 Å². The number of ether oxygens (including phenoxy) is 2. The van der Waals surface area contributed by atoms with Gasteiger partial charge in [-0.2, -0.15) is 0 Å². The highest BCUT2D eigenvalue weighted by molar-refractivity contribution is 5.37. The first-order chi connectivity index (χ1) is 8.76. The molecule has 0 amide bonds. The summed E-state index contributed by atoms with van der Waals surface area (Å²) in [5, 5.41) is 0. The van der Waals surface area contributed by atoms with E-state index in [0.717, 1.165) is 25.2 Å². The van der Waals surface area contributed by atoms with Gasteiger partial charge in [-0.15, -0.1) is 0 Å². The molecular formula is C14H22N2O2. The normalized spacial score (nSPS) is 21.8. The van der Waals surface area contributed by atoms with Gasteiger partial charge in [-0.1, -0.05) is 18.2 Å². The first-order valence-corrected chi connectivity index (χ1v) is 6.47. The summed E-state index contributed by atoms with van der Waals surface area (Å²) in [6.45, 7) is 2.82. The molecule has 0 saturated carbocycles. The van der Waals surface area contributed by atoms with Gasteiger partial charge in [0.1, 0.15) is 5.75 Å². The predicted molar refractivity (Wildman–Crippen MR) is 71.5 cm³/mol. The number of hydrogen-bond donors (Lipinski definition) is 2. The quantitative estimate of drug-likeness (QED) is 0.618. The summed E-state index contributed by atoms with van der Waals surface area (Å²) in [5.74, 6) is 7.11. The van der Waals surface area contributed by atoms with Crippen LogP contribution in [0.1, 0.15) is 31.2 Å². The summed E-state index contributed by atoms with van der Waals surface area (Å²) >= 11 is 0. The van der Waals surface area contributed by atoms with Crippen LogP contribution in [-0.2, 0) is 4.74 Å². The molecule has 3 N–H and O–H groups in total. The van der Waals surface area contributed by atoms with Crippen LogP contribution in [-0.4, -0.2) is 25.9 Å². The molecule has 1 aliphatic rings. The third kappa shape index (κ3) is 2.83. The number of benzene rings is 1. The summed E-state index contributed by atoms with van der Waals surface area (Å²) < 4.78 is 11.0. The summed E-state index contributed by atoms with van der Waals surface area (Å²) in [5.41, 5.74) is 4.15. The second-order valence-corrected chi connectivity index (χ2v) is 4.82. The van der Waals surface area contributed by atoms with Gasteiger partial charge in [-0.3, -0.25) is 11.3 Å². The molecule has 4 heteroatoms. The molecule has 0 radical (unpaired) electrons. The Bertz CT molecular complexity index is 384. The van der Waals surface area contributed by atoms with E-state index in [2.05, 4.69) is 17.6 Å². The lowest BCUT2D eigenvalue weighted by atomic mass is 9.86. The van der Waals surface area contributed by atoms with E-state index in [9.17, 15) is 0 Å². The van der Waals surface area contributed by atoms with Gasteiger partial charge in [0.2, 0.25) is 0 Å². The predicted octanol–water partition coefficient (Wildman–Crippen LogP) is 1.81. The minimum atomic E-state index is 0.102. The fourth-order valence-corrected chi connectivity index (χ4v) is 2.53. The van der Waals surface area contributed by atoms with Crippen molar-refractivity contribution in [3.05, 3.63) is 29.8 Å². The van der Waals surface area contributed by atoms with E-state index in [0.29, 0.717) is 5.92 Å². The lowest BCUT2D eigenvalue weighted by molar-refractivity contribution is 0.0754. The number of methoxy groups -OCH3 is 1. The molecule has 1 heterocycles. The van der Waals surface area contributed by atoms with Crippen LogP contribution in [0.5, 0.6) is 5.75 Å². The standard InChI is InChI=1S/C14H22N2O2/c1-10(17-2)13(16-15)9-11-7-8-18-14-6-4-3-5-12(11)14/h3-6,10-11,13,16H,7-9,15H2,1-2H3. The maximum atomic E-state index is 5.67. The van der Waals surface area contributed by atoms with Gasteiger partial charge in [-0.25, -0.2) is 0 Å². The smallest absolute Gasteiger partial charge is 0.122 e. The fraction of sp³-hybridized carbons (Fsp3) is 0.571. The molecular weight excluding hydrogens is 228 g/mol. The molecule has 4 nitrogen and oxygen atoms in total. The van der Waals surface area contributed by atoms with Crippen LogP contribution < -0.4 is 16.0 Å². The van der Waals surface area contributed by atoms with E-state index in [4.69, 9.17) is 15.3 Å². The number of fused-ring (bicyclic) bond motifs is 1. The van der Waals surface area contributed by atoms with Crippen molar-refractivity contribution in [1.29, 1.82) is 0 Å². The molecule has 1 aromatic carbocycles. The van der Waals surface area contributed by atoms with E-state index in [1.54, 1.807) is 7.11 Å². The maximum Gasteiger partial charge on any atom is 0.122 e. The Labute approximate surface area is 108 Å². The average Bonchev–Trinajstić information content (AvgIpc) is 2.44. The topological polar surface area (TPSA) is 56.5 Å².